The van der Waals surface area contributed by atoms with E-state index in [1.165, 1.54) is 7.11 Å². The first-order valence-electron chi connectivity index (χ1n) is 6.64. The largest absolute Gasteiger partial charge is 0.465 e. The van der Waals surface area contributed by atoms with Crippen molar-refractivity contribution in [2.75, 3.05) is 7.11 Å². The Hall–Kier alpha value is -2.36. The lowest BCUT2D eigenvalue weighted by Crippen LogP contribution is -2.28. The molecule has 2 aromatic rings. The maximum absolute atomic E-state index is 12.6. The molecule has 0 bridgehead atoms. The SMILES string of the molecule is COC(=O)c1cc2c(n(-c3ccccc3)c1=O)CCC2. The Morgan fingerprint density at radius 2 is 1.95 bits per heavy atom. The van der Waals surface area contributed by atoms with Crippen molar-refractivity contribution in [2.24, 2.45) is 0 Å². The molecule has 0 atom stereocenters. The molecular weight excluding hydrogens is 254 g/mol. The molecule has 1 aliphatic carbocycles. The average molecular weight is 269 g/mol. The molecule has 4 nitrogen and oxygen atoms in total. The number of methoxy groups -OCH3 is 1. The fourth-order valence-corrected chi connectivity index (χ4v) is 2.75. The third-order valence-electron chi connectivity index (χ3n) is 3.67. The number of rotatable bonds is 2. The lowest BCUT2D eigenvalue weighted by Gasteiger charge is -2.13. The Labute approximate surface area is 116 Å². The number of carbonyl (C=O) groups excluding carboxylic acids is 1. The van der Waals surface area contributed by atoms with E-state index in [2.05, 4.69) is 0 Å². The van der Waals surface area contributed by atoms with Gasteiger partial charge in [-0.15, -0.1) is 0 Å². The lowest BCUT2D eigenvalue weighted by molar-refractivity contribution is 0.0598. The number of hydrogen-bond acceptors (Lipinski definition) is 3. The molecule has 4 heteroatoms. The molecule has 1 aliphatic rings. The quantitative estimate of drug-likeness (QED) is 0.785. The van der Waals surface area contributed by atoms with Crippen LogP contribution in [0.2, 0.25) is 0 Å². The van der Waals surface area contributed by atoms with Gasteiger partial charge in [0.15, 0.2) is 0 Å². The molecule has 0 amide bonds. The minimum atomic E-state index is -0.575. The van der Waals surface area contributed by atoms with Gasteiger partial charge in [0.05, 0.1) is 7.11 Å². The van der Waals surface area contributed by atoms with Crippen LogP contribution >= 0.6 is 0 Å². The second-order valence-corrected chi connectivity index (χ2v) is 4.85. The Morgan fingerprint density at radius 1 is 1.20 bits per heavy atom. The maximum atomic E-state index is 12.6. The van der Waals surface area contributed by atoms with Crippen LogP contribution in [-0.4, -0.2) is 17.6 Å². The molecule has 1 aromatic carbocycles. The van der Waals surface area contributed by atoms with Crippen molar-refractivity contribution in [2.45, 2.75) is 19.3 Å². The molecule has 0 saturated carbocycles. The van der Waals surface area contributed by atoms with Crippen LogP contribution < -0.4 is 5.56 Å². The molecule has 0 N–H and O–H groups in total. The van der Waals surface area contributed by atoms with Gasteiger partial charge in [-0.3, -0.25) is 9.36 Å². The molecule has 0 spiro atoms. The van der Waals surface area contributed by atoms with Crippen molar-refractivity contribution >= 4 is 5.97 Å². The number of fused-ring (bicyclic) bond motifs is 1. The van der Waals surface area contributed by atoms with Gasteiger partial charge in [0, 0.05) is 11.4 Å². The van der Waals surface area contributed by atoms with Gasteiger partial charge >= 0.3 is 5.97 Å². The van der Waals surface area contributed by atoms with Gasteiger partial charge in [0.1, 0.15) is 5.56 Å². The highest BCUT2D eigenvalue weighted by molar-refractivity contribution is 5.89. The summed E-state index contributed by atoms with van der Waals surface area (Å²) in [5.74, 6) is -0.575. The number of nitrogens with zero attached hydrogens (tertiary/aromatic N) is 1. The van der Waals surface area contributed by atoms with Gasteiger partial charge in [-0.25, -0.2) is 4.79 Å². The van der Waals surface area contributed by atoms with Gasteiger partial charge in [-0.2, -0.15) is 0 Å². The fraction of sp³-hybridized carbons (Fsp3) is 0.250. The average Bonchev–Trinajstić information content (AvgIpc) is 2.94. The first-order chi connectivity index (χ1) is 9.72. The highest BCUT2D eigenvalue weighted by atomic mass is 16.5. The summed E-state index contributed by atoms with van der Waals surface area (Å²) in [6.07, 6.45) is 2.76. The van der Waals surface area contributed by atoms with Crippen molar-refractivity contribution < 1.29 is 9.53 Å². The summed E-state index contributed by atoms with van der Waals surface area (Å²) < 4.78 is 6.36. The topological polar surface area (TPSA) is 48.3 Å². The van der Waals surface area contributed by atoms with Gasteiger partial charge in [-0.05, 0) is 43.0 Å². The summed E-state index contributed by atoms with van der Waals surface area (Å²) in [6.45, 7) is 0. The molecule has 0 fully saturated rings. The Balaban J connectivity index is 2.30. The third-order valence-corrected chi connectivity index (χ3v) is 3.67. The molecule has 20 heavy (non-hydrogen) atoms. The van der Waals surface area contributed by atoms with Crippen LogP contribution in [0.4, 0.5) is 0 Å². The zero-order chi connectivity index (χ0) is 14.1. The highest BCUT2D eigenvalue weighted by Crippen LogP contribution is 2.24. The molecule has 1 aromatic heterocycles. The summed E-state index contributed by atoms with van der Waals surface area (Å²) in [5.41, 5.74) is 2.67. The van der Waals surface area contributed by atoms with E-state index in [1.54, 1.807) is 10.6 Å². The molecule has 0 unspecified atom stereocenters. The molecule has 0 saturated heterocycles. The van der Waals surface area contributed by atoms with Crippen LogP contribution in [-0.2, 0) is 17.6 Å². The van der Waals surface area contributed by atoms with Gasteiger partial charge in [0.25, 0.3) is 5.56 Å². The number of esters is 1. The van der Waals surface area contributed by atoms with Gasteiger partial charge in [0.2, 0.25) is 0 Å². The Morgan fingerprint density at radius 3 is 2.65 bits per heavy atom. The summed E-state index contributed by atoms with van der Waals surface area (Å²) in [6, 6.07) is 11.1. The van der Waals surface area contributed by atoms with E-state index in [0.717, 1.165) is 36.2 Å². The van der Waals surface area contributed by atoms with Crippen molar-refractivity contribution in [3.63, 3.8) is 0 Å². The van der Waals surface area contributed by atoms with Gasteiger partial charge < -0.3 is 4.74 Å². The minimum Gasteiger partial charge on any atom is -0.465 e. The first kappa shape index (κ1) is 12.7. The van der Waals surface area contributed by atoms with Crippen molar-refractivity contribution in [1.29, 1.82) is 0 Å². The van der Waals surface area contributed by atoms with E-state index in [1.807, 2.05) is 30.3 Å². The number of pyridine rings is 1. The third kappa shape index (κ3) is 1.93. The van der Waals surface area contributed by atoms with Crippen molar-refractivity contribution in [1.82, 2.24) is 4.57 Å². The molecule has 1 heterocycles. The summed E-state index contributed by atoms with van der Waals surface area (Å²) >= 11 is 0. The van der Waals surface area contributed by atoms with E-state index in [9.17, 15) is 9.59 Å². The zero-order valence-electron chi connectivity index (χ0n) is 11.3. The van der Waals surface area contributed by atoms with Crippen LogP contribution in [0.1, 0.15) is 28.0 Å². The van der Waals surface area contributed by atoms with E-state index < -0.39 is 5.97 Å². The molecule has 102 valence electrons. The molecular formula is C16H15NO3. The highest BCUT2D eigenvalue weighted by Gasteiger charge is 2.23. The summed E-state index contributed by atoms with van der Waals surface area (Å²) in [7, 11) is 1.29. The molecule has 0 radical (unpaired) electrons. The van der Waals surface area contributed by atoms with E-state index in [0.29, 0.717) is 0 Å². The van der Waals surface area contributed by atoms with E-state index >= 15 is 0 Å². The number of aryl methyl sites for hydroxylation is 1. The minimum absolute atomic E-state index is 0.108. The standard InChI is InChI=1S/C16H15NO3/c1-20-16(19)13-10-11-6-5-9-14(11)17(15(13)18)12-7-3-2-4-8-12/h2-4,7-8,10H,5-6,9H2,1H3. The lowest BCUT2D eigenvalue weighted by atomic mass is 10.1. The Kier molecular flexibility index (Phi) is 3.14. The van der Waals surface area contributed by atoms with Crippen LogP contribution in [0.3, 0.4) is 0 Å². The number of para-hydroxylation sites is 1. The first-order valence-corrected chi connectivity index (χ1v) is 6.64. The molecule has 3 rings (SSSR count). The van der Waals surface area contributed by atoms with E-state index in [4.69, 9.17) is 4.74 Å². The fourth-order valence-electron chi connectivity index (χ4n) is 2.75. The van der Waals surface area contributed by atoms with Crippen LogP contribution in [0.5, 0.6) is 0 Å². The number of benzene rings is 1. The second kappa shape index (κ2) is 4.96. The van der Waals surface area contributed by atoms with Crippen LogP contribution in [0, 0.1) is 0 Å². The number of carbonyl (C=O) groups is 1. The maximum Gasteiger partial charge on any atom is 0.343 e. The monoisotopic (exact) mass is 269 g/mol. The van der Waals surface area contributed by atoms with Gasteiger partial charge in [-0.1, -0.05) is 18.2 Å². The van der Waals surface area contributed by atoms with Crippen molar-refractivity contribution in [3.05, 3.63) is 63.6 Å². The smallest absolute Gasteiger partial charge is 0.343 e. The summed E-state index contributed by atoms with van der Waals surface area (Å²) in [4.78, 5) is 24.4. The zero-order valence-corrected chi connectivity index (χ0v) is 11.3. The predicted molar refractivity (Wildman–Crippen MR) is 75.4 cm³/mol. The van der Waals surface area contributed by atoms with Crippen LogP contribution in [0.15, 0.2) is 41.2 Å². The molecule has 0 aliphatic heterocycles. The Bertz CT molecular complexity index is 716. The van der Waals surface area contributed by atoms with E-state index in [-0.39, 0.29) is 11.1 Å². The van der Waals surface area contributed by atoms with Crippen molar-refractivity contribution in [3.8, 4) is 5.69 Å². The second-order valence-electron chi connectivity index (χ2n) is 4.85. The number of ether oxygens (including phenoxy) is 1. The summed E-state index contributed by atoms with van der Waals surface area (Å²) in [5, 5.41) is 0. The predicted octanol–water partition coefficient (Wildman–Crippen LogP) is 2.11. The number of hydrogen-bond donors (Lipinski definition) is 0. The normalized spacial score (nSPS) is 13.1. The number of aromatic nitrogens is 1. The van der Waals surface area contributed by atoms with Crippen LogP contribution in [0.25, 0.3) is 5.69 Å².